The summed E-state index contributed by atoms with van der Waals surface area (Å²) in [6.45, 7) is 0.292. The molecule has 5 heteroatoms. The van der Waals surface area contributed by atoms with Crippen LogP contribution in [0.5, 0.6) is 11.5 Å². The van der Waals surface area contributed by atoms with E-state index >= 15 is 0 Å². The molecule has 0 atom stereocenters. The third-order valence-electron chi connectivity index (χ3n) is 2.79. The first-order chi connectivity index (χ1) is 9.65. The van der Waals surface area contributed by atoms with Crippen LogP contribution in [-0.2, 0) is 6.61 Å². The SMILES string of the molecule is COc1ccc(C#N)cc1COc1cccc(N)c1Br. The Balaban J connectivity index is 2.22. The van der Waals surface area contributed by atoms with Crippen LogP contribution in [0.3, 0.4) is 0 Å². The van der Waals surface area contributed by atoms with Crippen LogP contribution in [0, 0.1) is 11.3 Å². The predicted molar refractivity (Wildman–Crippen MR) is 80.6 cm³/mol. The number of benzene rings is 2. The summed E-state index contributed by atoms with van der Waals surface area (Å²) in [6.07, 6.45) is 0. The van der Waals surface area contributed by atoms with Crippen molar-refractivity contribution in [2.45, 2.75) is 6.61 Å². The number of anilines is 1. The minimum atomic E-state index is 0.292. The second-order valence-electron chi connectivity index (χ2n) is 4.09. The molecule has 4 nitrogen and oxygen atoms in total. The summed E-state index contributed by atoms with van der Waals surface area (Å²) in [5, 5.41) is 8.94. The number of rotatable bonds is 4. The van der Waals surface area contributed by atoms with Gasteiger partial charge in [-0.1, -0.05) is 6.07 Å². The Bertz CT molecular complexity index is 665. The first-order valence-corrected chi connectivity index (χ1v) is 6.69. The standard InChI is InChI=1S/C15H13BrN2O2/c1-19-13-6-5-10(8-17)7-11(13)9-20-14-4-2-3-12(18)15(14)16/h2-7H,9,18H2,1H3. The lowest BCUT2D eigenvalue weighted by molar-refractivity contribution is 0.295. The van der Waals surface area contributed by atoms with E-state index in [2.05, 4.69) is 22.0 Å². The highest BCUT2D eigenvalue weighted by Crippen LogP contribution is 2.31. The molecule has 0 heterocycles. The largest absolute Gasteiger partial charge is 0.496 e. The van der Waals surface area contributed by atoms with Gasteiger partial charge in [0.15, 0.2) is 0 Å². The molecule has 2 N–H and O–H groups in total. The molecule has 0 aliphatic heterocycles. The van der Waals surface area contributed by atoms with E-state index in [1.54, 1.807) is 31.4 Å². The summed E-state index contributed by atoms with van der Waals surface area (Å²) in [7, 11) is 1.58. The third kappa shape index (κ3) is 3.03. The van der Waals surface area contributed by atoms with E-state index in [1.165, 1.54) is 0 Å². The maximum atomic E-state index is 8.94. The normalized spacial score (nSPS) is 9.85. The molecular formula is C15H13BrN2O2. The van der Waals surface area contributed by atoms with Crippen LogP contribution in [0.15, 0.2) is 40.9 Å². The third-order valence-corrected chi connectivity index (χ3v) is 3.63. The number of ether oxygens (including phenoxy) is 2. The lowest BCUT2D eigenvalue weighted by atomic mass is 10.1. The van der Waals surface area contributed by atoms with Gasteiger partial charge in [-0.05, 0) is 46.3 Å². The zero-order chi connectivity index (χ0) is 14.5. The number of hydrogen-bond acceptors (Lipinski definition) is 4. The lowest BCUT2D eigenvalue weighted by Gasteiger charge is -2.12. The second kappa shape index (κ2) is 6.31. The molecule has 2 rings (SSSR count). The molecule has 0 saturated heterocycles. The van der Waals surface area contributed by atoms with Crippen molar-refractivity contribution in [3.05, 3.63) is 52.0 Å². The number of hydrogen-bond donors (Lipinski definition) is 1. The monoisotopic (exact) mass is 332 g/mol. The van der Waals surface area contributed by atoms with E-state index in [0.717, 1.165) is 10.0 Å². The smallest absolute Gasteiger partial charge is 0.136 e. The molecule has 0 aliphatic rings. The first-order valence-electron chi connectivity index (χ1n) is 5.89. The van der Waals surface area contributed by atoms with Gasteiger partial charge in [0.05, 0.1) is 23.2 Å². The van der Waals surface area contributed by atoms with Crippen LogP contribution in [0.25, 0.3) is 0 Å². The quantitative estimate of drug-likeness (QED) is 0.870. The second-order valence-corrected chi connectivity index (χ2v) is 4.88. The summed E-state index contributed by atoms with van der Waals surface area (Å²) in [5.41, 5.74) is 7.78. The molecule has 0 unspecified atom stereocenters. The van der Waals surface area contributed by atoms with Crippen molar-refractivity contribution in [3.8, 4) is 17.6 Å². The number of nitriles is 1. The van der Waals surface area contributed by atoms with Crippen LogP contribution in [-0.4, -0.2) is 7.11 Å². The average molecular weight is 333 g/mol. The fourth-order valence-electron chi connectivity index (χ4n) is 1.76. The lowest BCUT2D eigenvalue weighted by Crippen LogP contribution is -2.00. The molecule has 0 aromatic heterocycles. The van der Waals surface area contributed by atoms with Crippen LogP contribution in [0.2, 0.25) is 0 Å². The fraction of sp³-hybridized carbons (Fsp3) is 0.133. The van der Waals surface area contributed by atoms with Crippen molar-refractivity contribution in [2.24, 2.45) is 0 Å². The van der Waals surface area contributed by atoms with Gasteiger partial charge < -0.3 is 15.2 Å². The Morgan fingerprint density at radius 1 is 1.25 bits per heavy atom. The van der Waals surface area contributed by atoms with Gasteiger partial charge in [-0.15, -0.1) is 0 Å². The van der Waals surface area contributed by atoms with E-state index in [1.807, 2.05) is 12.1 Å². The van der Waals surface area contributed by atoms with E-state index in [-0.39, 0.29) is 0 Å². The van der Waals surface area contributed by atoms with Crippen LogP contribution >= 0.6 is 15.9 Å². The summed E-state index contributed by atoms with van der Waals surface area (Å²) >= 11 is 3.38. The molecule has 2 aromatic carbocycles. The van der Waals surface area contributed by atoms with Gasteiger partial charge in [0.25, 0.3) is 0 Å². The predicted octanol–water partition coefficient (Wildman–Crippen LogP) is 3.49. The van der Waals surface area contributed by atoms with Gasteiger partial charge in [-0.2, -0.15) is 5.26 Å². The van der Waals surface area contributed by atoms with Crippen LogP contribution in [0.4, 0.5) is 5.69 Å². The van der Waals surface area contributed by atoms with Crippen molar-refractivity contribution in [1.82, 2.24) is 0 Å². The molecule has 0 amide bonds. The molecule has 0 fully saturated rings. The van der Waals surface area contributed by atoms with Gasteiger partial charge >= 0.3 is 0 Å². The van der Waals surface area contributed by atoms with Crippen molar-refractivity contribution < 1.29 is 9.47 Å². The Labute approximate surface area is 125 Å². The van der Waals surface area contributed by atoms with Crippen molar-refractivity contribution in [2.75, 3.05) is 12.8 Å². The molecule has 0 saturated carbocycles. The number of halogens is 1. The Kier molecular flexibility index (Phi) is 4.49. The molecule has 0 radical (unpaired) electrons. The molecule has 0 bridgehead atoms. The molecule has 20 heavy (non-hydrogen) atoms. The van der Waals surface area contributed by atoms with Gasteiger partial charge in [-0.3, -0.25) is 0 Å². The van der Waals surface area contributed by atoms with E-state index in [4.69, 9.17) is 20.5 Å². The Morgan fingerprint density at radius 3 is 2.75 bits per heavy atom. The molecule has 2 aromatic rings. The highest BCUT2D eigenvalue weighted by Gasteiger charge is 2.08. The Hall–Kier alpha value is -2.19. The maximum Gasteiger partial charge on any atom is 0.136 e. The number of nitrogen functional groups attached to an aromatic ring is 1. The van der Waals surface area contributed by atoms with Crippen LogP contribution < -0.4 is 15.2 Å². The summed E-state index contributed by atoms with van der Waals surface area (Å²) in [4.78, 5) is 0. The molecule has 0 aliphatic carbocycles. The van der Waals surface area contributed by atoms with Crippen molar-refractivity contribution in [1.29, 1.82) is 5.26 Å². The molecule has 0 spiro atoms. The zero-order valence-electron chi connectivity index (χ0n) is 10.9. The van der Waals surface area contributed by atoms with E-state index in [0.29, 0.717) is 29.4 Å². The number of nitrogens with zero attached hydrogens (tertiary/aromatic N) is 1. The molecule has 102 valence electrons. The highest BCUT2D eigenvalue weighted by molar-refractivity contribution is 9.10. The topological polar surface area (TPSA) is 68.3 Å². The number of methoxy groups -OCH3 is 1. The summed E-state index contributed by atoms with van der Waals surface area (Å²) in [6, 6.07) is 12.7. The minimum Gasteiger partial charge on any atom is -0.496 e. The minimum absolute atomic E-state index is 0.292. The van der Waals surface area contributed by atoms with Gasteiger partial charge in [0, 0.05) is 11.3 Å². The number of nitrogens with two attached hydrogens (primary N) is 1. The van der Waals surface area contributed by atoms with Crippen molar-refractivity contribution in [3.63, 3.8) is 0 Å². The molecular weight excluding hydrogens is 320 g/mol. The summed E-state index contributed by atoms with van der Waals surface area (Å²) in [5.74, 6) is 1.33. The van der Waals surface area contributed by atoms with E-state index < -0.39 is 0 Å². The zero-order valence-corrected chi connectivity index (χ0v) is 12.5. The van der Waals surface area contributed by atoms with Crippen molar-refractivity contribution >= 4 is 21.6 Å². The van der Waals surface area contributed by atoms with Gasteiger partial charge in [0.2, 0.25) is 0 Å². The van der Waals surface area contributed by atoms with Gasteiger partial charge in [0.1, 0.15) is 18.1 Å². The maximum absolute atomic E-state index is 8.94. The summed E-state index contributed by atoms with van der Waals surface area (Å²) < 4.78 is 11.7. The first kappa shape index (κ1) is 14.2. The van der Waals surface area contributed by atoms with E-state index in [9.17, 15) is 0 Å². The Morgan fingerprint density at radius 2 is 2.05 bits per heavy atom. The van der Waals surface area contributed by atoms with Crippen LogP contribution in [0.1, 0.15) is 11.1 Å². The average Bonchev–Trinajstić information content (AvgIpc) is 2.48. The highest BCUT2D eigenvalue weighted by atomic mass is 79.9. The fourth-order valence-corrected chi connectivity index (χ4v) is 2.13. The van der Waals surface area contributed by atoms with Gasteiger partial charge in [-0.25, -0.2) is 0 Å².